The Hall–Kier alpha value is -1.38. The van der Waals surface area contributed by atoms with Crippen LogP contribution in [0.2, 0.25) is 0 Å². The maximum Gasteiger partial charge on any atom is 0.408 e. The summed E-state index contributed by atoms with van der Waals surface area (Å²) in [5, 5.41) is 19.7. The van der Waals surface area contributed by atoms with Crippen molar-refractivity contribution in [3.05, 3.63) is 0 Å². The van der Waals surface area contributed by atoms with Crippen LogP contribution in [0.5, 0.6) is 0 Å². The molecule has 27 heavy (non-hydrogen) atoms. The van der Waals surface area contributed by atoms with Crippen molar-refractivity contribution in [2.75, 3.05) is 32.8 Å². The van der Waals surface area contributed by atoms with E-state index in [1.165, 1.54) is 17.7 Å². The molecule has 0 bridgehead atoms. The summed E-state index contributed by atoms with van der Waals surface area (Å²) in [6, 6.07) is -0.683. The molecule has 3 aliphatic heterocycles. The molecule has 2 N–H and O–H groups in total. The molecule has 4 atom stereocenters. The van der Waals surface area contributed by atoms with Crippen molar-refractivity contribution < 1.29 is 24.5 Å². The summed E-state index contributed by atoms with van der Waals surface area (Å²) in [5.74, 6) is -0.169. The van der Waals surface area contributed by atoms with E-state index in [1.54, 1.807) is 11.8 Å². The fourth-order valence-corrected chi connectivity index (χ4v) is 5.15. The Morgan fingerprint density at radius 1 is 1.33 bits per heavy atom. The topological polar surface area (TPSA) is 93.6 Å². The molecule has 4 rings (SSSR count). The van der Waals surface area contributed by atoms with Crippen LogP contribution >= 0.6 is 0 Å². The lowest BCUT2D eigenvalue weighted by Crippen LogP contribution is -2.67. The number of piperazine rings is 1. The lowest BCUT2D eigenvalue weighted by molar-refractivity contribution is -0.169. The summed E-state index contributed by atoms with van der Waals surface area (Å²) in [6.07, 6.45) is 3.91. The smallest absolute Gasteiger partial charge is 0.408 e. The number of piperidine rings is 1. The van der Waals surface area contributed by atoms with Gasteiger partial charge in [0, 0.05) is 6.54 Å². The van der Waals surface area contributed by atoms with E-state index in [4.69, 9.17) is 4.74 Å². The van der Waals surface area contributed by atoms with Crippen molar-refractivity contribution in [1.29, 1.82) is 0 Å². The highest BCUT2D eigenvalue weighted by Crippen LogP contribution is 2.53. The Morgan fingerprint density at radius 2 is 2.07 bits per heavy atom. The van der Waals surface area contributed by atoms with Gasteiger partial charge in [-0.05, 0) is 64.5 Å². The van der Waals surface area contributed by atoms with Crippen molar-refractivity contribution in [2.45, 2.75) is 69.9 Å². The van der Waals surface area contributed by atoms with E-state index in [1.807, 2.05) is 6.92 Å². The molecule has 1 spiro atoms. The fourth-order valence-electron chi connectivity index (χ4n) is 5.15. The number of carboxylic acid groups (broad SMARTS) is 1. The number of hydrogen-bond donors (Lipinski definition) is 2. The number of likely N-dealkylation sites (tertiary alicyclic amines) is 1. The van der Waals surface area contributed by atoms with Gasteiger partial charge >= 0.3 is 6.09 Å². The number of rotatable bonds is 4. The van der Waals surface area contributed by atoms with Gasteiger partial charge in [-0.15, -0.1) is 0 Å². The Kier molecular flexibility index (Phi) is 4.63. The summed E-state index contributed by atoms with van der Waals surface area (Å²) in [6.45, 7) is 6.81. The van der Waals surface area contributed by atoms with Crippen LogP contribution in [0.3, 0.4) is 0 Å². The third-order valence-electron chi connectivity index (χ3n) is 7.20. The SMILES string of the molecule is C[C@H]1C(=O)N2[C@@H](CCCN3CCC4(CC4)C(O)C3)COC2(C)CN1C(=O)O. The lowest BCUT2D eigenvalue weighted by Gasteiger charge is -2.47. The molecule has 1 aliphatic carbocycles. The zero-order valence-electron chi connectivity index (χ0n) is 16.3. The summed E-state index contributed by atoms with van der Waals surface area (Å²) in [4.78, 5) is 29.5. The Bertz CT molecular complexity index is 624. The average Bonchev–Trinajstić information content (AvgIpc) is 3.32. The highest BCUT2D eigenvalue weighted by Gasteiger charge is 2.55. The summed E-state index contributed by atoms with van der Waals surface area (Å²) >= 11 is 0. The molecular weight excluding hydrogens is 350 g/mol. The molecule has 152 valence electrons. The first-order valence-corrected chi connectivity index (χ1v) is 10.1. The molecule has 3 heterocycles. The van der Waals surface area contributed by atoms with Crippen molar-refractivity contribution in [2.24, 2.45) is 5.41 Å². The van der Waals surface area contributed by atoms with E-state index in [0.717, 1.165) is 38.9 Å². The highest BCUT2D eigenvalue weighted by atomic mass is 16.5. The number of ether oxygens (including phenoxy) is 1. The normalized spacial score (nSPS) is 38.3. The zero-order chi connectivity index (χ0) is 19.4. The molecule has 2 amide bonds. The molecule has 0 radical (unpaired) electrons. The van der Waals surface area contributed by atoms with E-state index < -0.39 is 17.9 Å². The van der Waals surface area contributed by atoms with Gasteiger partial charge in [-0.3, -0.25) is 9.69 Å². The van der Waals surface area contributed by atoms with Crippen LogP contribution in [0.4, 0.5) is 4.79 Å². The Balaban J connectivity index is 1.31. The molecule has 1 saturated carbocycles. The van der Waals surface area contributed by atoms with E-state index >= 15 is 0 Å². The molecule has 0 aromatic rings. The van der Waals surface area contributed by atoms with Crippen LogP contribution in [-0.2, 0) is 9.53 Å². The van der Waals surface area contributed by atoms with Gasteiger partial charge in [-0.1, -0.05) is 0 Å². The van der Waals surface area contributed by atoms with E-state index in [-0.39, 0.29) is 30.0 Å². The van der Waals surface area contributed by atoms with Crippen molar-refractivity contribution in [1.82, 2.24) is 14.7 Å². The predicted molar refractivity (Wildman–Crippen MR) is 97.1 cm³/mol. The van der Waals surface area contributed by atoms with Crippen LogP contribution in [0.1, 0.15) is 46.0 Å². The minimum absolute atomic E-state index is 0.00890. The van der Waals surface area contributed by atoms with Crippen LogP contribution in [0.25, 0.3) is 0 Å². The van der Waals surface area contributed by atoms with E-state index in [9.17, 15) is 19.8 Å². The van der Waals surface area contributed by atoms with Gasteiger partial charge in [0.05, 0.1) is 25.3 Å². The van der Waals surface area contributed by atoms with Crippen LogP contribution < -0.4 is 0 Å². The number of carbonyl (C=O) groups is 2. The first-order chi connectivity index (χ1) is 12.8. The monoisotopic (exact) mass is 381 g/mol. The van der Waals surface area contributed by atoms with E-state index in [0.29, 0.717) is 6.61 Å². The van der Waals surface area contributed by atoms with Crippen molar-refractivity contribution in [3.63, 3.8) is 0 Å². The second kappa shape index (κ2) is 6.60. The second-order valence-electron chi connectivity index (χ2n) is 9.01. The number of nitrogens with zero attached hydrogens (tertiary/aromatic N) is 3. The third-order valence-corrected chi connectivity index (χ3v) is 7.20. The Labute approximate surface area is 160 Å². The van der Waals surface area contributed by atoms with Gasteiger partial charge < -0.3 is 24.7 Å². The molecule has 8 heteroatoms. The highest BCUT2D eigenvalue weighted by molar-refractivity contribution is 5.87. The van der Waals surface area contributed by atoms with Gasteiger partial charge in [0.1, 0.15) is 6.04 Å². The van der Waals surface area contributed by atoms with Gasteiger partial charge in [-0.25, -0.2) is 4.79 Å². The summed E-state index contributed by atoms with van der Waals surface area (Å²) in [7, 11) is 0. The molecule has 4 aliphatic rings. The van der Waals surface area contributed by atoms with Gasteiger partial charge in [0.25, 0.3) is 0 Å². The molecule has 0 aromatic heterocycles. The number of aliphatic hydroxyl groups excluding tert-OH is 1. The molecule has 3 saturated heterocycles. The van der Waals surface area contributed by atoms with Gasteiger partial charge in [0.15, 0.2) is 5.72 Å². The first kappa shape index (κ1) is 19.0. The van der Waals surface area contributed by atoms with Crippen LogP contribution in [0.15, 0.2) is 0 Å². The Morgan fingerprint density at radius 3 is 2.70 bits per heavy atom. The van der Waals surface area contributed by atoms with Gasteiger partial charge in [-0.2, -0.15) is 0 Å². The number of aliphatic hydroxyl groups is 1. The lowest BCUT2D eigenvalue weighted by atomic mass is 9.90. The largest absolute Gasteiger partial charge is 0.465 e. The predicted octanol–water partition coefficient (Wildman–Crippen LogP) is 0.939. The zero-order valence-corrected chi connectivity index (χ0v) is 16.3. The summed E-state index contributed by atoms with van der Waals surface area (Å²) < 4.78 is 5.90. The standard InChI is InChI=1S/C19H31N3O5/c1-13-16(24)22-14(11-27-18(22,2)12-21(13)17(25)26)4-3-8-20-9-7-19(5-6-19)15(23)10-20/h13-15,23H,3-12H2,1-2H3,(H,25,26)/t13-,14-,15?,18?/m0/s1. The number of fused-ring (bicyclic) bond motifs is 1. The minimum Gasteiger partial charge on any atom is -0.465 e. The quantitative estimate of drug-likeness (QED) is 0.753. The van der Waals surface area contributed by atoms with Crippen molar-refractivity contribution in [3.8, 4) is 0 Å². The van der Waals surface area contributed by atoms with Crippen molar-refractivity contribution >= 4 is 12.0 Å². The number of amides is 2. The maximum atomic E-state index is 12.8. The van der Waals surface area contributed by atoms with E-state index in [2.05, 4.69) is 4.90 Å². The molecule has 8 nitrogen and oxygen atoms in total. The van der Waals surface area contributed by atoms with Gasteiger partial charge in [0.2, 0.25) is 5.91 Å². The fraction of sp³-hybridized carbons (Fsp3) is 0.895. The minimum atomic E-state index is -1.08. The number of carbonyl (C=O) groups excluding carboxylic acids is 1. The number of β-amino-alcohol motifs (C(OH)–C–C–N with tert-alkyl or cyclic N) is 1. The number of hydrogen-bond acceptors (Lipinski definition) is 5. The second-order valence-corrected chi connectivity index (χ2v) is 9.01. The molecule has 2 unspecified atom stereocenters. The summed E-state index contributed by atoms with van der Waals surface area (Å²) in [5.41, 5.74) is -0.643. The first-order valence-electron chi connectivity index (χ1n) is 10.1. The average molecular weight is 381 g/mol. The third kappa shape index (κ3) is 3.21. The van der Waals surface area contributed by atoms with Crippen LogP contribution in [-0.4, -0.2) is 93.6 Å². The molecule has 0 aromatic carbocycles. The molecule has 4 fully saturated rings. The maximum absolute atomic E-state index is 12.8. The molecular formula is C19H31N3O5. The van der Waals surface area contributed by atoms with Crippen LogP contribution in [0, 0.1) is 5.41 Å².